The molecule has 0 bridgehead atoms. The van der Waals surface area contributed by atoms with Crippen molar-refractivity contribution in [3.05, 3.63) is 89.4 Å². The summed E-state index contributed by atoms with van der Waals surface area (Å²) in [7, 11) is 0. The number of allylic oxidation sites excluding steroid dienone is 2. The van der Waals surface area contributed by atoms with E-state index in [1.54, 1.807) is 19.3 Å². The van der Waals surface area contributed by atoms with E-state index in [1.165, 1.54) is 25.3 Å². The summed E-state index contributed by atoms with van der Waals surface area (Å²) >= 11 is 0. The van der Waals surface area contributed by atoms with E-state index < -0.39 is 11.8 Å². The zero-order valence-corrected chi connectivity index (χ0v) is 18.9. The third kappa shape index (κ3) is 4.05. The van der Waals surface area contributed by atoms with Gasteiger partial charge < -0.3 is 15.4 Å². The molecule has 3 aromatic heterocycles. The lowest BCUT2D eigenvalue weighted by Crippen LogP contribution is -2.08. The topological polar surface area (TPSA) is 111 Å². The second-order valence-electron chi connectivity index (χ2n) is 8.09. The maximum atomic E-state index is 15.0. The lowest BCUT2D eigenvalue weighted by molar-refractivity contribution is -0.111. The van der Waals surface area contributed by atoms with Gasteiger partial charge >= 0.3 is 5.97 Å². The van der Waals surface area contributed by atoms with E-state index in [4.69, 9.17) is 5.73 Å². The highest BCUT2D eigenvalue weighted by Crippen LogP contribution is 2.35. The first-order valence-electron chi connectivity index (χ1n) is 10.6. The van der Waals surface area contributed by atoms with Crippen molar-refractivity contribution in [3.63, 3.8) is 0 Å². The number of nitrogens with zero attached hydrogens (tertiary/aromatic N) is 3. The molecule has 4 aromatic rings. The summed E-state index contributed by atoms with van der Waals surface area (Å²) in [5, 5.41) is 9.19. The van der Waals surface area contributed by atoms with Crippen LogP contribution in [0.15, 0.2) is 66.8 Å². The van der Waals surface area contributed by atoms with Gasteiger partial charge in [0.1, 0.15) is 5.82 Å². The number of halogens is 1. The van der Waals surface area contributed by atoms with E-state index >= 15 is 0 Å². The standard InChI is InChI=1S/C26H23FN4O3/c1-14(28)24(16(3)32)18-11-23-25(30-12-18)20(19-8-7-17(26(33)34)10-21(19)27)13-31(23)15(2)22-6-4-5-9-29-22/h4-13,15H,28H2,1-3H3,(H,33,34)/b24-14+/t15-/m0/s1. The van der Waals surface area contributed by atoms with Crippen LogP contribution in [0.3, 0.4) is 0 Å². The molecule has 1 atom stereocenters. The van der Waals surface area contributed by atoms with Gasteiger partial charge in [-0.2, -0.15) is 0 Å². The number of ketones is 1. The number of hydrogen-bond acceptors (Lipinski definition) is 5. The van der Waals surface area contributed by atoms with Crippen LogP contribution < -0.4 is 5.73 Å². The minimum Gasteiger partial charge on any atom is -0.478 e. The molecule has 8 heteroatoms. The van der Waals surface area contributed by atoms with Gasteiger partial charge in [-0.25, -0.2) is 9.18 Å². The molecule has 0 radical (unpaired) electrons. The average molecular weight is 458 g/mol. The lowest BCUT2D eigenvalue weighted by Gasteiger charge is -2.15. The summed E-state index contributed by atoms with van der Waals surface area (Å²) in [6, 6.07) is 10.9. The van der Waals surface area contributed by atoms with Crippen molar-refractivity contribution in [2.24, 2.45) is 5.73 Å². The van der Waals surface area contributed by atoms with Gasteiger partial charge in [0, 0.05) is 46.6 Å². The minimum atomic E-state index is -1.21. The van der Waals surface area contributed by atoms with Gasteiger partial charge in [0.2, 0.25) is 0 Å². The fourth-order valence-corrected chi connectivity index (χ4v) is 4.12. The Bertz CT molecular complexity index is 1450. The van der Waals surface area contributed by atoms with E-state index in [9.17, 15) is 19.1 Å². The Morgan fingerprint density at radius 1 is 1.06 bits per heavy atom. The summed E-state index contributed by atoms with van der Waals surface area (Å²) in [4.78, 5) is 32.5. The van der Waals surface area contributed by atoms with Crippen LogP contribution in [0, 0.1) is 5.82 Å². The second-order valence-corrected chi connectivity index (χ2v) is 8.09. The quantitative estimate of drug-likeness (QED) is 0.401. The number of nitrogens with two attached hydrogens (primary N) is 1. The van der Waals surface area contributed by atoms with Crippen LogP contribution in [0.1, 0.15) is 48.4 Å². The van der Waals surface area contributed by atoms with Crippen LogP contribution in [0.4, 0.5) is 4.39 Å². The third-order valence-electron chi connectivity index (χ3n) is 5.74. The summed E-state index contributed by atoms with van der Waals surface area (Å²) in [6.45, 7) is 5.05. The maximum absolute atomic E-state index is 15.0. The van der Waals surface area contributed by atoms with Gasteiger partial charge in [0.15, 0.2) is 5.78 Å². The van der Waals surface area contributed by atoms with Crippen molar-refractivity contribution in [2.45, 2.75) is 26.8 Å². The first-order valence-corrected chi connectivity index (χ1v) is 10.6. The number of aromatic carboxylic acids is 1. The monoisotopic (exact) mass is 458 g/mol. The number of Topliss-reactive ketones (excluding diaryl/α,β-unsaturated/α-hetero) is 1. The molecule has 0 amide bonds. The number of carbonyl (C=O) groups is 2. The molecule has 0 saturated carbocycles. The summed E-state index contributed by atoms with van der Waals surface area (Å²) in [5.41, 5.74) is 9.80. The normalized spacial score (nSPS) is 12.9. The lowest BCUT2D eigenvalue weighted by atomic mass is 10.0. The van der Waals surface area contributed by atoms with Crippen molar-refractivity contribution in [1.29, 1.82) is 0 Å². The number of carboxylic acids is 1. The molecule has 7 nitrogen and oxygen atoms in total. The number of aromatic nitrogens is 3. The van der Waals surface area contributed by atoms with E-state index in [1.807, 2.05) is 35.8 Å². The molecule has 1 aromatic carbocycles. The van der Waals surface area contributed by atoms with E-state index in [-0.39, 0.29) is 23.0 Å². The number of rotatable bonds is 6. The van der Waals surface area contributed by atoms with Gasteiger partial charge in [-0.1, -0.05) is 12.1 Å². The molecule has 0 fully saturated rings. The zero-order chi connectivity index (χ0) is 24.6. The largest absolute Gasteiger partial charge is 0.478 e. The van der Waals surface area contributed by atoms with Crippen molar-refractivity contribution in [3.8, 4) is 11.1 Å². The molecule has 0 aliphatic rings. The Morgan fingerprint density at radius 2 is 1.82 bits per heavy atom. The second kappa shape index (κ2) is 8.90. The molecule has 0 spiro atoms. The highest BCUT2D eigenvalue weighted by Gasteiger charge is 2.22. The van der Waals surface area contributed by atoms with Crippen molar-refractivity contribution in [2.75, 3.05) is 0 Å². The predicted molar refractivity (Wildman–Crippen MR) is 128 cm³/mol. The van der Waals surface area contributed by atoms with E-state index in [2.05, 4.69) is 9.97 Å². The molecule has 3 N–H and O–H groups in total. The molecular formula is C26H23FN4O3. The zero-order valence-electron chi connectivity index (χ0n) is 18.9. The Hall–Kier alpha value is -4.33. The van der Waals surface area contributed by atoms with Gasteiger partial charge in [-0.05, 0) is 51.1 Å². The van der Waals surface area contributed by atoms with Crippen molar-refractivity contribution >= 4 is 28.4 Å². The van der Waals surface area contributed by atoms with Gasteiger partial charge in [0.05, 0.1) is 28.3 Å². The number of fused-ring (bicyclic) bond motifs is 1. The van der Waals surface area contributed by atoms with Gasteiger partial charge in [0.25, 0.3) is 0 Å². The highest BCUT2D eigenvalue weighted by atomic mass is 19.1. The highest BCUT2D eigenvalue weighted by molar-refractivity contribution is 6.20. The van der Waals surface area contributed by atoms with Crippen LogP contribution in [-0.4, -0.2) is 31.4 Å². The molecule has 0 aliphatic carbocycles. The molecule has 4 rings (SSSR count). The first-order chi connectivity index (χ1) is 16.2. The summed E-state index contributed by atoms with van der Waals surface area (Å²) in [5.74, 6) is -2.06. The first kappa shape index (κ1) is 22.8. The molecule has 34 heavy (non-hydrogen) atoms. The third-order valence-corrected chi connectivity index (χ3v) is 5.74. The SMILES string of the molecule is CC(=O)/C(=C(/C)N)c1cnc2c(-c3ccc(C(=O)O)cc3F)cn([C@@H](C)c3ccccn3)c2c1. The van der Waals surface area contributed by atoms with Crippen LogP contribution in [0.5, 0.6) is 0 Å². The number of carboxylic acid groups (broad SMARTS) is 1. The van der Waals surface area contributed by atoms with Crippen LogP contribution >= 0.6 is 0 Å². The number of pyridine rings is 2. The Labute approximate surface area is 195 Å². The Balaban J connectivity index is 1.99. The molecule has 0 saturated heterocycles. The number of hydrogen-bond donors (Lipinski definition) is 2. The molecule has 0 aliphatic heterocycles. The number of carbonyl (C=O) groups excluding carboxylic acids is 1. The smallest absolute Gasteiger partial charge is 0.335 e. The average Bonchev–Trinajstić information content (AvgIpc) is 3.17. The van der Waals surface area contributed by atoms with E-state index in [0.717, 1.165) is 11.8 Å². The van der Waals surface area contributed by atoms with Gasteiger partial charge in [-0.3, -0.25) is 14.8 Å². The van der Waals surface area contributed by atoms with Crippen LogP contribution in [0.25, 0.3) is 27.7 Å². The molecule has 0 unspecified atom stereocenters. The van der Waals surface area contributed by atoms with Crippen molar-refractivity contribution < 1.29 is 19.1 Å². The van der Waals surface area contributed by atoms with Crippen LogP contribution in [0.2, 0.25) is 0 Å². The fraction of sp³-hybridized carbons (Fsp3) is 0.154. The van der Waals surface area contributed by atoms with Crippen LogP contribution in [-0.2, 0) is 4.79 Å². The predicted octanol–water partition coefficient (Wildman–Crippen LogP) is 4.82. The Morgan fingerprint density at radius 3 is 2.41 bits per heavy atom. The van der Waals surface area contributed by atoms with Gasteiger partial charge in [-0.15, -0.1) is 0 Å². The molecular weight excluding hydrogens is 435 g/mol. The fourth-order valence-electron chi connectivity index (χ4n) is 4.12. The molecule has 3 heterocycles. The van der Waals surface area contributed by atoms with Crippen molar-refractivity contribution in [1.82, 2.24) is 14.5 Å². The number of benzene rings is 1. The van der Waals surface area contributed by atoms with E-state index in [0.29, 0.717) is 33.4 Å². The maximum Gasteiger partial charge on any atom is 0.335 e. The summed E-state index contributed by atoms with van der Waals surface area (Å²) in [6.07, 6.45) is 5.01. The molecule has 172 valence electrons. The summed E-state index contributed by atoms with van der Waals surface area (Å²) < 4.78 is 16.9. The Kier molecular flexibility index (Phi) is 5.98. The minimum absolute atomic E-state index is 0.142.